The highest BCUT2D eigenvalue weighted by molar-refractivity contribution is 5.92. The van der Waals surface area contributed by atoms with Gasteiger partial charge >= 0.3 is 12.2 Å². The van der Waals surface area contributed by atoms with Gasteiger partial charge in [0.25, 0.3) is 0 Å². The molecule has 136 valence electrons. The van der Waals surface area contributed by atoms with Gasteiger partial charge in [0.15, 0.2) is 0 Å². The molecule has 8 heteroatoms. The van der Waals surface area contributed by atoms with Crippen molar-refractivity contribution < 1.29 is 28.5 Å². The van der Waals surface area contributed by atoms with Gasteiger partial charge in [-0.15, -0.1) is 0 Å². The predicted molar refractivity (Wildman–Crippen MR) is 91.0 cm³/mol. The van der Waals surface area contributed by atoms with Gasteiger partial charge in [0, 0.05) is 24.2 Å². The first-order valence-corrected chi connectivity index (χ1v) is 7.66. The second-order valence-electron chi connectivity index (χ2n) is 5.59. The molecule has 0 radical (unpaired) electrons. The van der Waals surface area contributed by atoms with E-state index in [9.17, 15) is 9.59 Å². The van der Waals surface area contributed by atoms with Crippen molar-refractivity contribution >= 4 is 23.2 Å². The number of rotatable bonds is 6. The molecule has 0 bridgehead atoms. The van der Waals surface area contributed by atoms with E-state index in [0.717, 1.165) is 23.9 Å². The molecule has 0 fully saturated rings. The van der Waals surface area contributed by atoms with Gasteiger partial charge in [0.1, 0.15) is 5.75 Å². The van der Waals surface area contributed by atoms with Gasteiger partial charge < -0.3 is 23.8 Å². The number of fused-ring (bicyclic) bond motifs is 1. The lowest BCUT2D eigenvalue weighted by Gasteiger charge is -2.08. The molecular formula is C17H22N2O6. The van der Waals surface area contributed by atoms with Crippen molar-refractivity contribution in [2.45, 2.75) is 6.42 Å². The number of methoxy groups -OCH3 is 2. The summed E-state index contributed by atoms with van der Waals surface area (Å²) in [5, 5.41) is 0.938. The van der Waals surface area contributed by atoms with Crippen LogP contribution < -0.4 is 4.74 Å². The van der Waals surface area contributed by atoms with Crippen LogP contribution in [0.2, 0.25) is 0 Å². The van der Waals surface area contributed by atoms with Crippen molar-refractivity contribution in [3.05, 3.63) is 30.0 Å². The molecule has 0 N–H and O–H groups in total. The molecule has 8 nitrogen and oxygen atoms in total. The summed E-state index contributed by atoms with van der Waals surface area (Å²) in [5.41, 5.74) is 1.67. The summed E-state index contributed by atoms with van der Waals surface area (Å²) < 4.78 is 20.5. The number of likely N-dealkylation sites (N-methyl/N-ethyl adjacent to an activating group) is 1. The average Bonchev–Trinajstić information content (AvgIpc) is 2.97. The molecule has 1 aromatic heterocycles. The van der Waals surface area contributed by atoms with Crippen LogP contribution in [0.15, 0.2) is 24.4 Å². The van der Waals surface area contributed by atoms with E-state index in [0.29, 0.717) is 11.3 Å². The third-order valence-electron chi connectivity index (χ3n) is 3.65. The number of hydrogen-bond acceptors (Lipinski definition) is 7. The largest absolute Gasteiger partial charge is 0.510 e. The van der Waals surface area contributed by atoms with Crippen LogP contribution in [0.5, 0.6) is 5.75 Å². The molecule has 0 saturated carbocycles. The fraction of sp³-hybridized carbons (Fsp3) is 0.412. The lowest BCUT2D eigenvalue weighted by molar-refractivity contribution is -0.00643. The third kappa shape index (κ3) is 4.63. The molecule has 0 saturated heterocycles. The predicted octanol–water partition coefficient (Wildman–Crippen LogP) is 2.48. The van der Waals surface area contributed by atoms with E-state index < -0.39 is 19.0 Å². The van der Waals surface area contributed by atoms with E-state index >= 15 is 0 Å². The van der Waals surface area contributed by atoms with E-state index in [-0.39, 0.29) is 0 Å². The van der Waals surface area contributed by atoms with Crippen LogP contribution in [-0.4, -0.2) is 63.4 Å². The minimum Gasteiger partial charge on any atom is -0.497 e. The molecular weight excluding hydrogens is 328 g/mol. The van der Waals surface area contributed by atoms with Crippen LogP contribution in [0.4, 0.5) is 9.59 Å². The van der Waals surface area contributed by atoms with E-state index in [2.05, 4.69) is 14.4 Å². The highest BCUT2D eigenvalue weighted by atomic mass is 16.8. The van der Waals surface area contributed by atoms with Gasteiger partial charge in [-0.1, -0.05) is 0 Å². The minimum absolute atomic E-state index is 0.526. The van der Waals surface area contributed by atoms with Crippen LogP contribution in [0.3, 0.4) is 0 Å². The van der Waals surface area contributed by atoms with Crippen molar-refractivity contribution in [2.75, 3.05) is 41.7 Å². The Kier molecular flexibility index (Phi) is 6.24. The highest BCUT2D eigenvalue weighted by Crippen LogP contribution is 2.26. The van der Waals surface area contributed by atoms with Crippen molar-refractivity contribution in [3.63, 3.8) is 0 Å². The van der Waals surface area contributed by atoms with Crippen molar-refractivity contribution in [1.82, 2.24) is 9.47 Å². The smallest absolute Gasteiger partial charge is 0.497 e. The van der Waals surface area contributed by atoms with E-state index in [1.807, 2.05) is 26.2 Å². The van der Waals surface area contributed by atoms with Gasteiger partial charge in [0.2, 0.25) is 6.79 Å². The maximum absolute atomic E-state index is 12.3. The zero-order valence-corrected chi connectivity index (χ0v) is 14.8. The summed E-state index contributed by atoms with van der Waals surface area (Å²) in [7, 11) is 6.71. The monoisotopic (exact) mass is 350 g/mol. The molecule has 0 amide bonds. The quantitative estimate of drug-likeness (QED) is 0.585. The number of carbonyl (C=O) groups excluding carboxylic acids is 2. The molecule has 0 unspecified atom stereocenters. The SMILES string of the molecule is COC(=O)OCOC(=O)n1cc(CCN(C)C)c2ccc(OC)cc21. The lowest BCUT2D eigenvalue weighted by atomic mass is 10.1. The van der Waals surface area contributed by atoms with Gasteiger partial charge in [-0.05, 0) is 38.2 Å². The molecule has 2 aromatic rings. The summed E-state index contributed by atoms with van der Waals surface area (Å²) in [4.78, 5) is 25.3. The summed E-state index contributed by atoms with van der Waals surface area (Å²) in [6.45, 7) is 0.313. The lowest BCUT2D eigenvalue weighted by Crippen LogP contribution is -2.17. The number of aromatic nitrogens is 1. The molecule has 1 heterocycles. The molecule has 0 aliphatic rings. The molecule has 25 heavy (non-hydrogen) atoms. The second-order valence-corrected chi connectivity index (χ2v) is 5.59. The normalized spacial score (nSPS) is 10.8. The fourth-order valence-corrected chi connectivity index (χ4v) is 2.35. The molecule has 1 aromatic carbocycles. The van der Waals surface area contributed by atoms with E-state index in [1.54, 1.807) is 19.4 Å². The summed E-state index contributed by atoms with van der Waals surface area (Å²) in [5.74, 6) is 0.629. The molecule has 0 aliphatic heterocycles. The van der Waals surface area contributed by atoms with Gasteiger partial charge in [-0.3, -0.25) is 4.57 Å². The minimum atomic E-state index is -0.918. The topological polar surface area (TPSA) is 79.2 Å². The number of ether oxygens (including phenoxy) is 4. The van der Waals surface area contributed by atoms with Gasteiger partial charge in [0.05, 0.1) is 19.7 Å². The molecule has 0 spiro atoms. The van der Waals surface area contributed by atoms with Gasteiger partial charge in [-0.2, -0.15) is 0 Å². The molecule has 2 rings (SSSR count). The standard InChI is InChI=1S/C17H22N2O6/c1-18(2)8-7-12-10-19(16(20)24-11-25-17(21)23-4)15-9-13(22-3)5-6-14(12)15/h5-6,9-10H,7-8,11H2,1-4H3. The summed E-state index contributed by atoms with van der Waals surface area (Å²) in [6.07, 6.45) is 0.930. The van der Waals surface area contributed by atoms with Crippen molar-refractivity contribution in [2.24, 2.45) is 0 Å². The maximum Gasteiger partial charge on any atom is 0.510 e. The Morgan fingerprint density at radius 1 is 1.16 bits per heavy atom. The average molecular weight is 350 g/mol. The first-order valence-electron chi connectivity index (χ1n) is 7.66. The maximum atomic E-state index is 12.3. The van der Waals surface area contributed by atoms with Gasteiger partial charge in [-0.25, -0.2) is 9.59 Å². The van der Waals surface area contributed by atoms with E-state index in [1.165, 1.54) is 11.7 Å². The third-order valence-corrected chi connectivity index (χ3v) is 3.65. The Morgan fingerprint density at radius 3 is 2.56 bits per heavy atom. The number of carbonyl (C=O) groups is 2. The van der Waals surface area contributed by atoms with Crippen LogP contribution in [0.1, 0.15) is 5.56 Å². The van der Waals surface area contributed by atoms with Crippen LogP contribution in [0.25, 0.3) is 10.9 Å². The number of benzene rings is 1. The van der Waals surface area contributed by atoms with Crippen molar-refractivity contribution in [3.8, 4) is 5.75 Å². The molecule has 0 atom stereocenters. The van der Waals surface area contributed by atoms with Crippen LogP contribution in [-0.2, 0) is 20.6 Å². The number of hydrogen-bond donors (Lipinski definition) is 0. The van der Waals surface area contributed by atoms with E-state index in [4.69, 9.17) is 9.47 Å². The summed E-state index contributed by atoms with van der Waals surface area (Å²) >= 11 is 0. The van der Waals surface area contributed by atoms with Crippen LogP contribution in [0, 0.1) is 0 Å². The zero-order valence-electron chi connectivity index (χ0n) is 14.8. The number of nitrogens with zero attached hydrogens (tertiary/aromatic N) is 2. The summed E-state index contributed by atoms with van der Waals surface area (Å²) in [6, 6.07) is 5.52. The Labute approximate surface area is 145 Å². The Hall–Kier alpha value is -2.74. The first-order chi connectivity index (χ1) is 12.0. The Morgan fingerprint density at radius 2 is 1.92 bits per heavy atom. The first kappa shape index (κ1) is 18.6. The van der Waals surface area contributed by atoms with Crippen molar-refractivity contribution in [1.29, 1.82) is 0 Å². The second kappa shape index (κ2) is 8.39. The zero-order chi connectivity index (χ0) is 18.4. The highest BCUT2D eigenvalue weighted by Gasteiger charge is 2.16. The Bertz CT molecular complexity index is 753. The van der Waals surface area contributed by atoms with Crippen LogP contribution >= 0.6 is 0 Å². The Balaban J connectivity index is 2.27. The fourth-order valence-electron chi connectivity index (χ4n) is 2.35. The molecule has 0 aliphatic carbocycles.